The first-order chi connectivity index (χ1) is 14.9. The molecule has 10 nitrogen and oxygen atoms in total. The molecule has 2 aromatic carbocycles. The SMILES string of the molecule is COc1cc(OC)c(/C=N/NC(=O)c2ccn(Cc3ccc([N+](=O)[O-])cc3)n2)cc1Br. The van der Waals surface area contributed by atoms with Crippen LogP contribution in [0.5, 0.6) is 11.5 Å². The van der Waals surface area contributed by atoms with Crippen LogP contribution in [0.15, 0.2) is 58.2 Å². The van der Waals surface area contributed by atoms with Crippen LogP contribution in [0, 0.1) is 10.1 Å². The number of nitrogens with one attached hydrogen (secondary N) is 1. The maximum Gasteiger partial charge on any atom is 0.291 e. The summed E-state index contributed by atoms with van der Waals surface area (Å²) in [5.74, 6) is 0.660. The number of hydrazone groups is 1. The molecule has 0 aliphatic carbocycles. The van der Waals surface area contributed by atoms with Crippen LogP contribution in [-0.4, -0.2) is 41.0 Å². The molecule has 0 aliphatic rings. The highest BCUT2D eigenvalue weighted by atomic mass is 79.9. The number of non-ortho nitro benzene ring substituents is 1. The molecule has 1 N–H and O–H groups in total. The molecule has 160 valence electrons. The molecule has 1 amide bonds. The molecule has 1 aromatic heterocycles. The van der Waals surface area contributed by atoms with Crippen LogP contribution < -0.4 is 14.9 Å². The Morgan fingerprint density at radius 1 is 1.23 bits per heavy atom. The zero-order valence-corrected chi connectivity index (χ0v) is 18.2. The van der Waals surface area contributed by atoms with Crippen molar-refractivity contribution in [3.05, 3.63) is 80.1 Å². The molecule has 3 aromatic rings. The maximum absolute atomic E-state index is 12.3. The lowest BCUT2D eigenvalue weighted by Crippen LogP contribution is -2.18. The van der Waals surface area contributed by atoms with Gasteiger partial charge in [-0.1, -0.05) is 12.1 Å². The summed E-state index contributed by atoms with van der Waals surface area (Å²) in [6, 6.07) is 11.1. The number of methoxy groups -OCH3 is 2. The second-order valence-electron chi connectivity index (χ2n) is 6.25. The predicted octanol–water partition coefficient (Wildman–Crippen LogP) is 3.38. The van der Waals surface area contributed by atoms with Gasteiger partial charge < -0.3 is 9.47 Å². The van der Waals surface area contributed by atoms with Crippen LogP contribution in [-0.2, 0) is 6.54 Å². The minimum absolute atomic E-state index is 0.0164. The molecule has 0 aliphatic heterocycles. The summed E-state index contributed by atoms with van der Waals surface area (Å²) >= 11 is 3.39. The Bertz CT molecular complexity index is 1130. The minimum Gasteiger partial charge on any atom is -0.496 e. The topological polar surface area (TPSA) is 121 Å². The minimum atomic E-state index is -0.481. The molecule has 11 heteroatoms. The Balaban J connectivity index is 1.63. The number of hydrogen-bond donors (Lipinski definition) is 1. The molecule has 0 saturated heterocycles. The number of carbonyl (C=O) groups is 1. The second kappa shape index (κ2) is 9.85. The number of nitrogens with zero attached hydrogens (tertiary/aromatic N) is 4. The molecule has 0 spiro atoms. The van der Waals surface area contributed by atoms with E-state index in [9.17, 15) is 14.9 Å². The zero-order chi connectivity index (χ0) is 22.4. The fourth-order valence-electron chi connectivity index (χ4n) is 2.68. The van der Waals surface area contributed by atoms with E-state index in [0.717, 1.165) is 5.56 Å². The van der Waals surface area contributed by atoms with E-state index in [1.54, 1.807) is 48.3 Å². The van der Waals surface area contributed by atoms with Crippen molar-refractivity contribution in [2.45, 2.75) is 6.54 Å². The van der Waals surface area contributed by atoms with Crippen LogP contribution in [0.4, 0.5) is 5.69 Å². The zero-order valence-electron chi connectivity index (χ0n) is 16.6. The smallest absolute Gasteiger partial charge is 0.291 e. The Hall–Kier alpha value is -3.73. The van der Waals surface area contributed by atoms with Crippen molar-refractivity contribution in [2.24, 2.45) is 5.10 Å². The van der Waals surface area contributed by atoms with Crippen LogP contribution in [0.3, 0.4) is 0 Å². The van der Waals surface area contributed by atoms with Gasteiger partial charge in [-0.2, -0.15) is 10.2 Å². The first-order valence-corrected chi connectivity index (χ1v) is 9.72. The Kier molecular flexibility index (Phi) is 6.98. The summed E-state index contributed by atoms with van der Waals surface area (Å²) in [4.78, 5) is 22.6. The highest BCUT2D eigenvalue weighted by molar-refractivity contribution is 9.10. The van der Waals surface area contributed by atoms with Crippen LogP contribution in [0.2, 0.25) is 0 Å². The average Bonchev–Trinajstić information content (AvgIpc) is 3.23. The molecule has 1 heterocycles. The van der Waals surface area contributed by atoms with Gasteiger partial charge >= 0.3 is 0 Å². The molecular weight excluding hydrogens is 470 g/mol. The summed E-state index contributed by atoms with van der Waals surface area (Å²) in [6.07, 6.45) is 3.10. The van der Waals surface area contributed by atoms with E-state index >= 15 is 0 Å². The highest BCUT2D eigenvalue weighted by Gasteiger charge is 2.11. The van der Waals surface area contributed by atoms with E-state index in [-0.39, 0.29) is 11.4 Å². The van der Waals surface area contributed by atoms with E-state index < -0.39 is 10.8 Å². The van der Waals surface area contributed by atoms with Crippen molar-refractivity contribution in [1.82, 2.24) is 15.2 Å². The number of halogens is 1. The molecule has 0 radical (unpaired) electrons. The third-order valence-corrected chi connectivity index (χ3v) is 4.86. The number of ether oxygens (including phenoxy) is 2. The quantitative estimate of drug-likeness (QED) is 0.295. The largest absolute Gasteiger partial charge is 0.496 e. The van der Waals surface area contributed by atoms with Gasteiger partial charge in [0.05, 0.1) is 36.4 Å². The fourth-order valence-corrected chi connectivity index (χ4v) is 3.21. The van der Waals surface area contributed by atoms with Gasteiger partial charge in [-0.15, -0.1) is 0 Å². The monoisotopic (exact) mass is 487 g/mol. The van der Waals surface area contributed by atoms with Gasteiger partial charge in [0.1, 0.15) is 11.5 Å². The van der Waals surface area contributed by atoms with Gasteiger partial charge in [-0.25, -0.2) is 5.43 Å². The van der Waals surface area contributed by atoms with Crippen molar-refractivity contribution < 1.29 is 19.2 Å². The summed E-state index contributed by atoms with van der Waals surface area (Å²) < 4.78 is 12.8. The van der Waals surface area contributed by atoms with Gasteiger partial charge in [-0.3, -0.25) is 19.6 Å². The molecule has 0 atom stereocenters. The number of nitro groups is 1. The number of benzene rings is 2. The number of rotatable bonds is 8. The second-order valence-corrected chi connectivity index (χ2v) is 7.10. The van der Waals surface area contributed by atoms with E-state index in [4.69, 9.17) is 9.47 Å². The maximum atomic E-state index is 12.3. The molecule has 0 fully saturated rings. The van der Waals surface area contributed by atoms with Gasteiger partial charge in [0.15, 0.2) is 5.69 Å². The van der Waals surface area contributed by atoms with E-state index in [0.29, 0.717) is 28.1 Å². The van der Waals surface area contributed by atoms with E-state index in [1.807, 2.05) is 0 Å². The number of amides is 1. The third-order valence-electron chi connectivity index (χ3n) is 4.24. The van der Waals surface area contributed by atoms with Gasteiger partial charge in [0.2, 0.25) is 0 Å². The van der Waals surface area contributed by atoms with Crippen molar-refractivity contribution in [3.63, 3.8) is 0 Å². The van der Waals surface area contributed by atoms with Crippen molar-refractivity contribution in [2.75, 3.05) is 14.2 Å². The Labute approximate surface area is 185 Å². The van der Waals surface area contributed by atoms with Crippen molar-refractivity contribution in [1.29, 1.82) is 0 Å². The van der Waals surface area contributed by atoms with Crippen molar-refractivity contribution in [3.8, 4) is 11.5 Å². The fraction of sp³-hybridized carbons (Fsp3) is 0.150. The number of nitro benzene ring substituents is 1. The van der Waals surface area contributed by atoms with Gasteiger partial charge in [0.25, 0.3) is 11.6 Å². The normalized spacial score (nSPS) is 10.8. The number of hydrogen-bond acceptors (Lipinski definition) is 7. The molecule has 0 unspecified atom stereocenters. The molecule has 3 rings (SSSR count). The standard InChI is InChI=1S/C20H18BrN5O5/c1-30-18-10-19(31-2)16(21)9-14(18)11-22-23-20(27)17-7-8-25(24-17)12-13-3-5-15(6-4-13)26(28)29/h3-11H,12H2,1-2H3,(H,23,27)/b22-11+. The van der Waals surface area contributed by atoms with Crippen LogP contribution in [0.1, 0.15) is 21.6 Å². The third kappa shape index (κ3) is 5.45. The summed E-state index contributed by atoms with van der Waals surface area (Å²) in [5, 5.41) is 18.9. The van der Waals surface area contributed by atoms with Gasteiger partial charge in [0, 0.05) is 30.0 Å². The molecule has 31 heavy (non-hydrogen) atoms. The highest BCUT2D eigenvalue weighted by Crippen LogP contribution is 2.31. The van der Waals surface area contributed by atoms with Crippen LogP contribution >= 0.6 is 15.9 Å². The van der Waals surface area contributed by atoms with E-state index in [2.05, 4.69) is 31.6 Å². The molecular formula is C20H18BrN5O5. The van der Waals surface area contributed by atoms with E-state index in [1.165, 1.54) is 25.5 Å². The Morgan fingerprint density at radius 3 is 2.58 bits per heavy atom. The predicted molar refractivity (Wildman–Crippen MR) is 117 cm³/mol. The number of aromatic nitrogens is 2. The molecule has 0 saturated carbocycles. The summed E-state index contributed by atoms with van der Waals surface area (Å²) in [6.45, 7) is 0.367. The summed E-state index contributed by atoms with van der Waals surface area (Å²) in [5.41, 5.74) is 4.07. The van der Waals surface area contributed by atoms with Gasteiger partial charge in [-0.05, 0) is 33.6 Å². The lowest BCUT2D eigenvalue weighted by molar-refractivity contribution is -0.384. The first kappa shape index (κ1) is 22.0. The Morgan fingerprint density at radius 2 is 1.94 bits per heavy atom. The summed E-state index contributed by atoms with van der Waals surface area (Å²) in [7, 11) is 3.07. The average molecular weight is 488 g/mol. The lowest BCUT2D eigenvalue weighted by atomic mass is 10.2. The lowest BCUT2D eigenvalue weighted by Gasteiger charge is -2.09. The first-order valence-electron chi connectivity index (χ1n) is 8.93. The number of carbonyl (C=O) groups excluding carboxylic acids is 1. The van der Waals surface area contributed by atoms with Crippen molar-refractivity contribution >= 4 is 33.7 Å². The molecule has 0 bridgehead atoms. The van der Waals surface area contributed by atoms with Crippen LogP contribution in [0.25, 0.3) is 0 Å².